The Hall–Kier alpha value is -4.22. The minimum absolute atomic E-state index is 0.0558. The van der Waals surface area contributed by atoms with Gasteiger partial charge in [0.1, 0.15) is 17.1 Å². The van der Waals surface area contributed by atoms with Crippen LogP contribution >= 0.6 is 0 Å². The van der Waals surface area contributed by atoms with E-state index < -0.39 is 37.2 Å². The fourth-order valence-corrected chi connectivity index (χ4v) is 8.91. The molecule has 0 spiro atoms. The Kier molecular flexibility index (Phi) is 10.6. The van der Waals surface area contributed by atoms with Crippen molar-refractivity contribution in [3.63, 3.8) is 0 Å². The first-order chi connectivity index (χ1) is 24.2. The molecule has 0 aromatic heterocycles. The summed E-state index contributed by atoms with van der Waals surface area (Å²) in [6, 6.07) is 8.85. The monoisotopic (exact) mass is 742 g/mol. The fourth-order valence-electron chi connectivity index (χ4n) is 6.73. The van der Waals surface area contributed by atoms with Gasteiger partial charge >= 0.3 is 5.97 Å². The van der Waals surface area contributed by atoms with Gasteiger partial charge in [0.15, 0.2) is 0 Å². The number of carbonyl (C=O) groups is 1. The van der Waals surface area contributed by atoms with Gasteiger partial charge in [0.05, 0.1) is 41.7 Å². The molecule has 3 aliphatic heterocycles. The van der Waals surface area contributed by atoms with Crippen molar-refractivity contribution in [2.75, 3.05) is 73.4 Å². The van der Waals surface area contributed by atoms with Crippen molar-refractivity contribution in [1.29, 1.82) is 0 Å². The summed E-state index contributed by atoms with van der Waals surface area (Å²) in [5.41, 5.74) is -0.154. The number of aromatic carboxylic acids is 1. The van der Waals surface area contributed by atoms with Crippen LogP contribution in [0.4, 0.5) is 11.4 Å². The van der Waals surface area contributed by atoms with Crippen LogP contribution in [-0.2, 0) is 24.8 Å². The number of phenolic OH excluding ortho intramolecular Hbond substituents is 1. The zero-order valence-electron chi connectivity index (χ0n) is 28.5. The Morgan fingerprint density at radius 3 is 2.08 bits per heavy atom. The number of ether oxygens (including phenoxy) is 1. The molecule has 0 unspecified atom stereocenters. The molecular weight excluding hydrogens is 701 g/mol. The highest BCUT2D eigenvalue weighted by Crippen LogP contribution is 2.47. The Balaban J connectivity index is 1.49. The molecular formula is C35H42N4O10S2. The second-order valence-electron chi connectivity index (χ2n) is 13.1. The van der Waals surface area contributed by atoms with Crippen LogP contribution < -0.4 is 14.9 Å². The molecule has 0 amide bonds. The summed E-state index contributed by atoms with van der Waals surface area (Å²) >= 11 is 0. The molecule has 274 valence electrons. The quantitative estimate of drug-likeness (QED) is 0.121. The Labute approximate surface area is 296 Å². The van der Waals surface area contributed by atoms with Gasteiger partial charge in [0.25, 0.3) is 0 Å². The lowest BCUT2D eigenvalue weighted by Gasteiger charge is -2.26. The van der Waals surface area contributed by atoms with E-state index in [1.54, 1.807) is 18.2 Å². The lowest BCUT2D eigenvalue weighted by atomic mass is 9.88. The number of hydrogen-bond acceptors (Lipinski definition) is 11. The maximum absolute atomic E-state index is 13.6. The van der Waals surface area contributed by atoms with E-state index >= 15 is 0 Å². The van der Waals surface area contributed by atoms with Gasteiger partial charge in [0, 0.05) is 53.8 Å². The van der Waals surface area contributed by atoms with Gasteiger partial charge in [-0.1, -0.05) is 24.6 Å². The SMILES string of the molecule is Cc1c2oc3c(C)c(O)c(NS(=O)(=O)CCN4CCOCC4)cc3c(-c3ccccc3C(=O)O)c-2cc(NS(=O)(=O)CCN2CCCCC2)c1=O. The second kappa shape index (κ2) is 14.8. The number of benzene rings is 3. The standard InChI is InChI=1S/C35H42N4O10S2/c1-22-31(40)28(36-50(44,45)18-14-38-10-6-3-7-11-38)20-26-30(24-8-4-5-9-25(24)35(42)43)27-21-29(32(41)23(2)34(27)49-33(22)26)37-51(46,47)19-15-39-12-16-48-17-13-39/h4-5,8-9,20-21,36-37,41H,3,6-7,10-19H2,1-2H3,(H,42,43). The van der Waals surface area contributed by atoms with E-state index in [0.717, 1.165) is 32.4 Å². The highest BCUT2D eigenvalue weighted by Gasteiger charge is 2.29. The molecule has 2 aromatic carbocycles. The van der Waals surface area contributed by atoms with E-state index in [9.17, 15) is 36.6 Å². The zero-order valence-corrected chi connectivity index (χ0v) is 30.2. The molecule has 4 aliphatic rings. The number of anilines is 2. The van der Waals surface area contributed by atoms with Gasteiger partial charge in [-0.25, -0.2) is 21.6 Å². The Bertz CT molecular complexity index is 2210. The van der Waals surface area contributed by atoms with Crippen molar-refractivity contribution in [3.05, 3.63) is 63.3 Å². The maximum atomic E-state index is 13.6. The molecule has 2 aromatic rings. The number of fused-ring (bicyclic) bond motifs is 2. The molecule has 3 heterocycles. The van der Waals surface area contributed by atoms with Gasteiger partial charge < -0.3 is 24.3 Å². The predicted octanol–water partition coefficient (Wildman–Crippen LogP) is 3.89. The number of nitrogens with one attached hydrogen (secondary N) is 2. The van der Waals surface area contributed by atoms with Crippen LogP contribution in [0.15, 0.2) is 45.6 Å². The Morgan fingerprint density at radius 2 is 1.43 bits per heavy atom. The number of carboxylic acid groups (broad SMARTS) is 1. The van der Waals surface area contributed by atoms with E-state index in [-0.39, 0.29) is 79.5 Å². The number of hydrogen-bond donors (Lipinski definition) is 4. The number of aromatic hydroxyl groups is 1. The molecule has 1 aliphatic carbocycles. The van der Waals surface area contributed by atoms with Gasteiger partial charge in [-0.05, 0) is 63.5 Å². The van der Waals surface area contributed by atoms with Gasteiger partial charge in [0.2, 0.25) is 25.5 Å². The second-order valence-corrected chi connectivity index (χ2v) is 16.7. The number of nitrogens with zero attached hydrogens (tertiary/aromatic N) is 2. The number of carboxylic acids is 1. The lowest BCUT2D eigenvalue weighted by Crippen LogP contribution is -2.39. The first-order valence-corrected chi connectivity index (χ1v) is 20.2. The van der Waals surface area contributed by atoms with E-state index in [0.29, 0.717) is 32.8 Å². The number of piperidine rings is 1. The average Bonchev–Trinajstić information content (AvgIpc) is 3.11. The van der Waals surface area contributed by atoms with Crippen molar-refractivity contribution in [2.45, 2.75) is 33.1 Å². The summed E-state index contributed by atoms with van der Waals surface area (Å²) in [6.07, 6.45) is 3.09. The van der Waals surface area contributed by atoms with Gasteiger partial charge in [-0.3, -0.25) is 19.1 Å². The van der Waals surface area contributed by atoms with Gasteiger partial charge in [-0.2, -0.15) is 0 Å². The molecule has 0 radical (unpaired) electrons. The molecule has 2 saturated heterocycles. The highest BCUT2D eigenvalue weighted by molar-refractivity contribution is 7.93. The first-order valence-electron chi connectivity index (χ1n) is 16.9. The third kappa shape index (κ3) is 7.99. The summed E-state index contributed by atoms with van der Waals surface area (Å²) in [5.74, 6) is -2.08. The number of phenols is 1. The summed E-state index contributed by atoms with van der Waals surface area (Å²) in [7, 11) is -7.95. The summed E-state index contributed by atoms with van der Waals surface area (Å²) < 4.78 is 69.7. The third-order valence-corrected chi connectivity index (χ3v) is 12.1. The van der Waals surface area contributed by atoms with Crippen LogP contribution in [0.5, 0.6) is 5.75 Å². The molecule has 6 rings (SSSR count). The number of likely N-dealkylation sites (tertiary alicyclic amines) is 1. The van der Waals surface area contributed by atoms with Crippen LogP contribution in [0.1, 0.15) is 40.7 Å². The predicted molar refractivity (Wildman–Crippen MR) is 195 cm³/mol. The van der Waals surface area contributed by atoms with Crippen LogP contribution in [-0.4, -0.2) is 107 Å². The molecule has 0 bridgehead atoms. The lowest BCUT2D eigenvalue weighted by molar-refractivity contribution is 0.0408. The average molecular weight is 743 g/mol. The molecule has 2 fully saturated rings. The van der Waals surface area contributed by atoms with Crippen LogP contribution in [0, 0.1) is 13.8 Å². The first kappa shape index (κ1) is 36.6. The van der Waals surface area contributed by atoms with Crippen LogP contribution in [0.3, 0.4) is 0 Å². The van der Waals surface area contributed by atoms with Crippen molar-refractivity contribution in [2.24, 2.45) is 0 Å². The van der Waals surface area contributed by atoms with Gasteiger partial charge in [-0.15, -0.1) is 0 Å². The molecule has 0 saturated carbocycles. The molecule has 14 nitrogen and oxygen atoms in total. The normalized spacial score (nSPS) is 16.4. The van der Waals surface area contributed by atoms with Crippen molar-refractivity contribution < 1.29 is 41.0 Å². The van der Waals surface area contributed by atoms with E-state index in [1.807, 2.05) is 4.90 Å². The molecule has 0 atom stereocenters. The largest absolute Gasteiger partial charge is 0.505 e. The fraction of sp³-hybridized carbons (Fsp3) is 0.429. The minimum atomic E-state index is -3.98. The highest BCUT2D eigenvalue weighted by atomic mass is 32.2. The summed E-state index contributed by atoms with van der Waals surface area (Å²) in [4.78, 5) is 30.2. The zero-order chi connectivity index (χ0) is 36.5. The maximum Gasteiger partial charge on any atom is 0.336 e. The smallest absolute Gasteiger partial charge is 0.336 e. The van der Waals surface area contributed by atoms with Crippen molar-refractivity contribution >= 4 is 48.4 Å². The van der Waals surface area contributed by atoms with Crippen molar-refractivity contribution in [1.82, 2.24) is 9.80 Å². The number of rotatable bonds is 12. The molecule has 4 N–H and O–H groups in total. The number of morpholine rings is 1. The number of sulfonamides is 2. The Morgan fingerprint density at radius 1 is 0.824 bits per heavy atom. The summed E-state index contributed by atoms with van der Waals surface area (Å²) in [6.45, 7) is 7.36. The van der Waals surface area contributed by atoms with E-state index in [2.05, 4.69) is 14.3 Å². The molecule has 51 heavy (non-hydrogen) atoms. The topological polar surface area (TPSA) is 196 Å². The third-order valence-electron chi connectivity index (χ3n) is 9.55. The van der Waals surface area contributed by atoms with Crippen LogP contribution in [0.25, 0.3) is 33.4 Å². The van der Waals surface area contributed by atoms with Crippen molar-refractivity contribution in [3.8, 4) is 28.2 Å². The number of aryl methyl sites for hydroxylation is 1. The van der Waals surface area contributed by atoms with Crippen LogP contribution in [0.2, 0.25) is 0 Å². The molecule has 16 heteroatoms. The van der Waals surface area contributed by atoms with E-state index in [4.69, 9.17) is 9.15 Å². The van der Waals surface area contributed by atoms with E-state index in [1.165, 1.54) is 32.0 Å². The minimum Gasteiger partial charge on any atom is -0.505 e. The summed E-state index contributed by atoms with van der Waals surface area (Å²) in [5, 5.41) is 21.7.